The van der Waals surface area contributed by atoms with Crippen LogP contribution in [0.4, 0.5) is 0 Å². The molecule has 2 aromatic rings. The van der Waals surface area contributed by atoms with Gasteiger partial charge in [-0.25, -0.2) is 9.50 Å². The third kappa shape index (κ3) is 0.914. The average molecular weight is 162 g/mol. The van der Waals surface area contributed by atoms with E-state index in [0.717, 1.165) is 5.52 Å². The second kappa shape index (κ2) is 2.30. The van der Waals surface area contributed by atoms with Crippen LogP contribution in [-0.2, 0) is 0 Å². The van der Waals surface area contributed by atoms with Crippen LogP contribution in [0.3, 0.4) is 0 Å². The summed E-state index contributed by atoms with van der Waals surface area (Å²) in [6.45, 7) is 0. The van der Waals surface area contributed by atoms with E-state index in [2.05, 4.69) is 10.1 Å². The van der Waals surface area contributed by atoms with Crippen LogP contribution in [0.5, 0.6) is 0 Å². The number of fused-ring (bicyclic) bond motifs is 1. The summed E-state index contributed by atoms with van der Waals surface area (Å²) in [4.78, 5) is 14.5. The summed E-state index contributed by atoms with van der Waals surface area (Å²) in [5, 5.41) is 3.93. The minimum Gasteiger partial charge on any atom is -0.364 e. The number of rotatable bonds is 1. The van der Waals surface area contributed by atoms with Crippen molar-refractivity contribution in [3.05, 3.63) is 30.4 Å². The molecule has 0 spiro atoms. The highest BCUT2D eigenvalue weighted by Gasteiger charge is 2.02. The van der Waals surface area contributed by atoms with Gasteiger partial charge in [-0.3, -0.25) is 4.79 Å². The summed E-state index contributed by atoms with van der Waals surface area (Å²) in [5.74, 6) is -0.549. The molecule has 0 fully saturated rings. The molecule has 0 atom stereocenters. The first-order valence-electron chi connectivity index (χ1n) is 3.36. The van der Waals surface area contributed by atoms with Crippen LogP contribution in [-0.4, -0.2) is 20.5 Å². The van der Waals surface area contributed by atoms with E-state index in [-0.39, 0.29) is 5.69 Å². The maximum Gasteiger partial charge on any atom is 0.268 e. The summed E-state index contributed by atoms with van der Waals surface area (Å²) in [6.07, 6.45) is 4.67. The molecule has 0 unspecified atom stereocenters. The van der Waals surface area contributed by atoms with Gasteiger partial charge in [-0.15, -0.1) is 0 Å². The van der Waals surface area contributed by atoms with E-state index in [1.54, 1.807) is 23.0 Å². The van der Waals surface area contributed by atoms with E-state index in [0.29, 0.717) is 0 Å². The first-order valence-corrected chi connectivity index (χ1v) is 3.36. The van der Waals surface area contributed by atoms with E-state index < -0.39 is 5.91 Å². The number of carbonyl (C=O) groups is 1. The number of hydrogen-bond acceptors (Lipinski definition) is 3. The molecule has 0 aliphatic carbocycles. The second-order valence-corrected chi connectivity index (χ2v) is 2.34. The van der Waals surface area contributed by atoms with Crippen molar-refractivity contribution in [2.24, 2.45) is 5.73 Å². The molecule has 60 valence electrons. The zero-order valence-electron chi connectivity index (χ0n) is 6.14. The van der Waals surface area contributed by atoms with Gasteiger partial charge >= 0.3 is 0 Å². The van der Waals surface area contributed by atoms with E-state index in [4.69, 9.17) is 5.73 Å². The molecule has 0 aliphatic rings. The van der Waals surface area contributed by atoms with E-state index >= 15 is 0 Å². The fraction of sp³-hybridized carbons (Fsp3) is 0. The summed E-state index contributed by atoms with van der Waals surface area (Å²) in [5.41, 5.74) is 6.08. The number of amides is 1. The van der Waals surface area contributed by atoms with Crippen molar-refractivity contribution < 1.29 is 4.79 Å². The summed E-state index contributed by atoms with van der Waals surface area (Å²) >= 11 is 0. The SMILES string of the molecule is NC(=O)c1cn2nccc2cn1. The number of aromatic nitrogens is 3. The van der Waals surface area contributed by atoms with Crippen molar-refractivity contribution >= 4 is 11.4 Å². The number of nitrogens with zero attached hydrogens (tertiary/aromatic N) is 3. The highest BCUT2D eigenvalue weighted by atomic mass is 16.1. The number of hydrogen-bond donors (Lipinski definition) is 1. The molecule has 5 nitrogen and oxygen atoms in total. The predicted octanol–water partition coefficient (Wildman–Crippen LogP) is -0.172. The van der Waals surface area contributed by atoms with E-state index in [1.165, 1.54) is 6.20 Å². The summed E-state index contributed by atoms with van der Waals surface area (Å²) in [6, 6.07) is 1.79. The standard InChI is InChI=1S/C7H6N4O/c8-7(12)6-4-11-5(3-9-6)1-2-10-11/h1-4H,(H2,8,12). The van der Waals surface area contributed by atoms with Crippen molar-refractivity contribution in [1.29, 1.82) is 0 Å². The van der Waals surface area contributed by atoms with Gasteiger partial charge in [0.2, 0.25) is 0 Å². The van der Waals surface area contributed by atoms with E-state index in [9.17, 15) is 4.79 Å². The van der Waals surface area contributed by atoms with Crippen molar-refractivity contribution in [3.63, 3.8) is 0 Å². The molecule has 0 saturated carbocycles. The lowest BCUT2D eigenvalue weighted by Gasteiger charge is -1.94. The first-order chi connectivity index (χ1) is 5.77. The van der Waals surface area contributed by atoms with Crippen LogP contribution in [0, 0.1) is 0 Å². The van der Waals surface area contributed by atoms with E-state index in [1.807, 2.05) is 0 Å². The Labute approximate surface area is 67.8 Å². The Kier molecular flexibility index (Phi) is 1.30. The molecule has 2 aromatic heterocycles. The zero-order valence-corrected chi connectivity index (χ0v) is 6.14. The number of carbonyl (C=O) groups excluding carboxylic acids is 1. The predicted molar refractivity (Wildman–Crippen MR) is 41.5 cm³/mol. The Morgan fingerprint density at radius 1 is 1.58 bits per heavy atom. The van der Waals surface area contributed by atoms with Gasteiger partial charge < -0.3 is 5.73 Å². The molecular formula is C7H6N4O. The molecule has 0 aromatic carbocycles. The number of nitrogens with two attached hydrogens (primary N) is 1. The monoisotopic (exact) mass is 162 g/mol. The highest BCUT2D eigenvalue weighted by molar-refractivity contribution is 5.90. The minimum atomic E-state index is -0.549. The van der Waals surface area contributed by atoms with Gasteiger partial charge in [0.1, 0.15) is 5.69 Å². The molecule has 2 rings (SSSR count). The molecule has 2 heterocycles. The minimum absolute atomic E-state index is 0.214. The van der Waals surface area contributed by atoms with Gasteiger partial charge in [0, 0.05) is 0 Å². The van der Waals surface area contributed by atoms with Crippen molar-refractivity contribution in [3.8, 4) is 0 Å². The fourth-order valence-electron chi connectivity index (χ4n) is 0.947. The highest BCUT2D eigenvalue weighted by Crippen LogP contribution is 2.00. The lowest BCUT2D eigenvalue weighted by molar-refractivity contribution is 0.0995. The first kappa shape index (κ1) is 6.78. The summed E-state index contributed by atoms with van der Waals surface area (Å²) < 4.78 is 1.55. The lowest BCUT2D eigenvalue weighted by Crippen LogP contribution is -2.13. The average Bonchev–Trinajstić information content (AvgIpc) is 2.49. The van der Waals surface area contributed by atoms with Crippen LogP contribution in [0.1, 0.15) is 10.5 Å². The van der Waals surface area contributed by atoms with Gasteiger partial charge in [0.15, 0.2) is 0 Å². The van der Waals surface area contributed by atoms with Crippen LogP contribution < -0.4 is 5.73 Å². The Morgan fingerprint density at radius 2 is 2.42 bits per heavy atom. The molecule has 2 N–H and O–H groups in total. The molecule has 12 heavy (non-hydrogen) atoms. The van der Waals surface area contributed by atoms with Crippen LogP contribution in [0.15, 0.2) is 24.7 Å². The normalized spacial score (nSPS) is 10.3. The third-order valence-electron chi connectivity index (χ3n) is 1.53. The Balaban J connectivity index is 2.68. The molecule has 0 aliphatic heterocycles. The molecule has 1 amide bonds. The second-order valence-electron chi connectivity index (χ2n) is 2.34. The topological polar surface area (TPSA) is 73.3 Å². The van der Waals surface area contributed by atoms with Gasteiger partial charge in [-0.05, 0) is 6.07 Å². The maximum atomic E-state index is 10.7. The van der Waals surface area contributed by atoms with Crippen LogP contribution in [0.25, 0.3) is 5.52 Å². The van der Waals surface area contributed by atoms with Crippen LogP contribution >= 0.6 is 0 Å². The Bertz CT molecular complexity index is 434. The quantitative estimate of drug-likeness (QED) is 0.632. The Morgan fingerprint density at radius 3 is 3.17 bits per heavy atom. The lowest BCUT2D eigenvalue weighted by atomic mass is 10.4. The maximum absolute atomic E-state index is 10.7. The third-order valence-corrected chi connectivity index (χ3v) is 1.53. The zero-order chi connectivity index (χ0) is 8.55. The van der Waals surface area contributed by atoms with Gasteiger partial charge in [0.25, 0.3) is 5.91 Å². The number of primary amides is 1. The van der Waals surface area contributed by atoms with Crippen molar-refractivity contribution in [2.45, 2.75) is 0 Å². The molecule has 0 saturated heterocycles. The van der Waals surface area contributed by atoms with Gasteiger partial charge in [-0.2, -0.15) is 5.10 Å². The molecule has 5 heteroatoms. The fourth-order valence-corrected chi connectivity index (χ4v) is 0.947. The molecule has 0 radical (unpaired) electrons. The molecule has 0 bridgehead atoms. The van der Waals surface area contributed by atoms with Crippen molar-refractivity contribution in [1.82, 2.24) is 14.6 Å². The smallest absolute Gasteiger partial charge is 0.268 e. The largest absolute Gasteiger partial charge is 0.364 e. The van der Waals surface area contributed by atoms with Crippen molar-refractivity contribution in [2.75, 3.05) is 0 Å². The van der Waals surface area contributed by atoms with Gasteiger partial charge in [0.05, 0.1) is 24.1 Å². The molecular weight excluding hydrogens is 156 g/mol. The Hall–Kier alpha value is -1.91. The van der Waals surface area contributed by atoms with Gasteiger partial charge in [-0.1, -0.05) is 0 Å². The summed E-state index contributed by atoms with van der Waals surface area (Å²) in [7, 11) is 0. The van der Waals surface area contributed by atoms with Crippen LogP contribution in [0.2, 0.25) is 0 Å².